The Balaban J connectivity index is 4.18. The molecule has 0 aromatic rings. The first-order chi connectivity index (χ1) is 40.0. The van der Waals surface area contributed by atoms with Crippen LogP contribution in [-0.4, -0.2) is 37.2 Å². The van der Waals surface area contributed by atoms with Crippen LogP contribution in [0, 0.1) is 0 Å². The molecule has 0 saturated heterocycles. The van der Waals surface area contributed by atoms with E-state index in [1.54, 1.807) is 0 Å². The molecule has 0 aliphatic heterocycles. The number of carbonyl (C=O) groups excluding carboxylic acids is 3. The van der Waals surface area contributed by atoms with Crippen molar-refractivity contribution in [3.05, 3.63) is 97.2 Å². The lowest BCUT2D eigenvalue weighted by atomic mass is 10.0. The maximum atomic E-state index is 12.9. The van der Waals surface area contributed by atoms with Crippen molar-refractivity contribution in [3.63, 3.8) is 0 Å². The number of ether oxygens (including phenoxy) is 3. The van der Waals surface area contributed by atoms with Crippen LogP contribution < -0.4 is 0 Å². The molecule has 0 saturated carbocycles. The molecule has 6 heteroatoms. The second-order valence-electron chi connectivity index (χ2n) is 23.1. The SMILES string of the molecule is CC/C=C\C/C=C\C/C=C\C/C=C\C/C=C\CCCCCCCCCCCCCCCCCCCC(=O)OCC(COC(=O)CCCCCCC/C=C\CCCCCC)OC(=O)CCCCCCCCC/C=C\C/C=C\CCCCC. The lowest BCUT2D eigenvalue weighted by Gasteiger charge is -2.18. The van der Waals surface area contributed by atoms with Crippen molar-refractivity contribution < 1.29 is 28.6 Å². The van der Waals surface area contributed by atoms with Crippen LogP contribution in [0.3, 0.4) is 0 Å². The molecule has 0 aliphatic carbocycles. The molecule has 0 bridgehead atoms. The molecule has 466 valence electrons. The molecule has 1 unspecified atom stereocenters. The highest BCUT2D eigenvalue weighted by Gasteiger charge is 2.19. The van der Waals surface area contributed by atoms with Crippen LogP contribution in [0.5, 0.6) is 0 Å². The van der Waals surface area contributed by atoms with Gasteiger partial charge in [-0.1, -0.05) is 298 Å². The monoisotopic (exact) mass is 1130 g/mol. The fourth-order valence-corrected chi connectivity index (χ4v) is 9.85. The molecule has 0 aliphatic rings. The smallest absolute Gasteiger partial charge is 0.306 e. The summed E-state index contributed by atoms with van der Waals surface area (Å²) in [5, 5.41) is 0. The van der Waals surface area contributed by atoms with Crippen LogP contribution >= 0.6 is 0 Å². The third-order valence-electron chi connectivity index (χ3n) is 15.0. The molecule has 0 aromatic heterocycles. The molecule has 0 rings (SSSR count). The van der Waals surface area contributed by atoms with Gasteiger partial charge in [0.1, 0.15) is 13.2 Å². The third kappa shape index (κ3) is 67.0. The Morgan fingerprint density at radius 1 is 0.259 bits per heavy atom. The first-order valence-corrected chi connectivity index (χ1v) is 34.7. The number of esters is 3. The van der Waals surface area contributed by atoms with Crippen LogP contribution in [-0.2, 0) is 28.6 Å². The third-order valence-corrected chi connectivity index (χ3v) is 15.0. The fraction of sp³-hybridized carbons (Fsp3) is 0.747. The number of hydrogen-bond donors (Lipinski definition) is 0. The summed E-state index contributed by atoms with van der Waals surface area (Å²) in [5.41, 5.74) is 0. The van der Waals surface area contributed by atoms with Gasteiger partial charge in [0.15, 0.2) is 6.10 Å². The summed E-state index contributed by atoms with van der Waals surface area (Å²) >= 11 is 0. The van der Waals surface area contributed by atoms with Gasteiger partial charge in [-0.25, -0.2) is 0 Å². The number of allylic oxidation sites excluding steroid dienone is 16. The van der Waals surface area contributed by atoms with Crippen LogP contribution in [0.25, 0.3) is 0 Å². The van der Waals surface area contributed by atoms with Gasteiger partial charge in [-0.2, -0.15) is 0 Å². The molecule has 0 spiro atoms. The zero-order chi connectivity index (χ0) is 58.5. The Kier molecular flexibility index (Phi) is 65.7. The van der Waals surface area contributed by atoms with E-state index in [1.165, 1.54) is 193 Å². The number of hydrogen-bond acceptors (Lipinski definition) is 6. The van der Waals surface area contributed by atoms with Gasteiger partial charge in [0.25, 0.3) is 0 Å². The van der Waals surface area contributed by atoms with Crippen molar-refractivity contribution in [2.75, 3.05) is 13.2 Å². The summed E-state index contributed by atoms with van der Waals surface area (Å²) in [4.78, 5) is 38.4. The fourth-order valence-electron chi connectivity index (χ4n) is 9.85. The van der Waals surface area contributed by atoms with Crippen molar-refractivity contribution in [2.45, 2.75) is 348 Å². The Morgan fingerprint density at radius 3 is 0.790 bits per heavy atom. The maximum absolute atomic E-state index is 12.9. The van der Waals surface area contributed by atoms with Crippen LogP contribution in [0.4, 0.5) is 0 Å². The average molecular weight is 1130 g/mol. The predicted molar refractivity (Wildman–Crippen MR) is 353 cm³/mol. The minimum Gasteiger partial charge on any atom is -0.462 e. The summed E-state index contributed by atoms with van der Waals surface area (Å²) in [6.45, 7) is 6.51. The molecule has 0 N–H and O–H groups in total. The molecule has 0 heterocycles. The van der Waals surface area contributed by atoms with E-state index in [1.807, 2.05) is 0 Å². The van der Waals surface area contributed by atoms with Gasteiger partial charge in [0, 0.05) is 19.3 Å². The van der Waals surface area contributed by atoms with Crippen molar-refractivity contribution in [2.24, 2.45) is 0 Å². The van der Waals surface area contributed by atoms with Gasteiger partial charge in [0.05, 0.1) is 0 Å². The van der Waals surface area contributed by atoms with Crippen LogP contribution in [0.2, 0.25) is 0 Å². The van der Waals surface area contributed by atoms with Gasteiger partial charge in [-0.05, 0) is 122 Å². The van der Waals surface area contributed by atoms with Gasteiger partial charge < -0.3 is 14.2 Å². The highest BCUT2D eigenvalue weighted by Crippen LogP contribution is 2.17. The molecule has 0 fully saturated rings. The Bertz CT molecular complexity index is 1580. The normalized spacial score (nSPS) is 12.7. The van der Waals surface area contributed by atoms with Crippen molar-refractivity contribution >= 4 is 17.9 Å². The Hall–Kier alpha value is -3.67. The summed E-state index contributed by atoms with van der Waals surface area (Å²) in [5.74, 6) is -0.882. The van der Waals surface area contributed by atoms with Gasteiger partial charge >= 0.3 is 17.9 Å². The summed E-state index contributed by atoms with van der Waals surface area (Å²) in [6, 6.07) is 0. The van der Waals surface area contributed by atoms with E-state index >= 15 is 0 Å². The number of rotatable bonds is 63. The zero-order valence-electron chi connectivity index (χ0n) is 53.5. The molecule has 0 radical (unpaired) electrons. The van der Waals surface area contributed by atoms with Crippen molar-refractivity contribution in [3.8, 4) is 0 Å². The minimum absolute atomic E-state index is 0.0799. The molecular weight excluding hydrogens is 997 g/mol. The molecule has 0 amide bonds. The Morgan fingerprint density at radius 2 is 0.481 bits per heavy atom. The molecule has 1 atom stereocenters. The van der Waals surface area contributed by atoms with Crippen LogP contribution in [0.1, 0.15) is 342 Å². The average Bonchev–Trinajstić information content (AvgIpc) is 3.46. The molecular formula is C75H130O6. The summed E-state index contributed by atoms with van der Waals surface area (Å²) in [7, 11) is 0. The lowest BCUT2D eigenvalue weighted by molar-refractivity contribution is -0.167. The highest BCUT2D eigenvalue weighted by atomic mass is 16.6. The quantitative estimate of drug-likeness (QED) is 0.0261. The topological polar surface area (TPSA) is 78.9 Å². The van der Waals surface area contributed by atoms with E-state index in [0.717, 1.165) is 109 Å². The lowest BCUT2D eigenvalue weighted by Crippen LogP contribution is -2.30. The second-order valence-corrected chi connectivity index (χ2v) is 23.1. The molecule has 0 aromatic carbocycles. The van der Waals surface area contributed by atoms with Crippen LogP contribution in [0.15, 0.2) is 97.2 Å². The van der Waals surface area contributed by atoms with Crippen molar-refractivity contribution in [1.82, 2.24) is 0 Å². The van der Waals surface area contributed by atoms with Gasteiger partial charge in [-0.3, -0.25) is 14.4 Å². The largest absolute Gasteiger partial charge is 0.462 e. The van der Waals surface area contributed by atoms with E-state index in [2.05, 4.69) is 118 Å². The van der Waals surface area contributed by atoms with E-state index < -0.39 is 6.10 Å². The van der Waals surface area contributed by atoms with E-state index in [-0.39, 0.29) is 31.1 Å². The predicted octanol–water partition coefficient (Wildman–Crippen LogP) is 24.0. The summed E-state index contributed by atoms with van der Waals surface area (Å²) < 4.78 is 16.9. The molecule has 6 nitrogen and oxygen atoms in total. The van der Waals surface area contributed by atoms with Gasteiger partial charge in [0.2, 0.25) is 0 Å². The maximum Gasteiger partial charge on any atom is 0.306 e. The Labute approximate surface area is 502 Å². The van der Waals surface area contributed by atoms with Crippen molar-refractivity contribution in [1.29, 1.82) is 0 Å². The van der Waals surface area contributed by atoms with E-state index in [9.17, 15) is 14.4 Å². The number of carbonyl (C=O) groups is 3. The first-order valence-electron chi connectivity index (χ1n) is 34.7. The van der Waals surface area contributed by atoms with Gasteiger partial charge in [-0.15, -0.1) is 0 Å². The molecule has 81 heavy (non-hydrogen) atoms. The van der Waals surface area contributed by atoms with E-state index in [0.29, 0.717) is 19.3 Å². The standard InChI is InChI=1S/C75H130O6/c1-4-7-10-13-16-19-22-25-27-29-30-31-32-33-34-35-36-37-38-39-40-41-42-43-44-46-47-50-53-56-59-62-65-68-74(77)80-71-72(70-79-73(76)67-64-61-58-55-52-49-24-21-18-15-12-9-6-3)81-75(78)69-66-63-60-57-54-51-48-45-28-26-23-20-17-14-11-8-5-2/h7,10,16-17,19-21,24-28,30-31,33-34,72H,4-6,8-9,11-15,18,22-23,29,32,35-71H2,1-3H3/b10-7-,19-16-,20-17-,24-21-,27-25-,28-26-,31-30-,34-33-. The minimum atomic E-state index is -0.784. The zero-order valence-corrected chi connectivity index (χ0v) is 53.5. The highest BCUT2D eigenvalue weighted by molar-refractivity contribution is 5.71. The number of unbranched alkanes of at least 4 members (excludes halogenated alkanes) is 36. The second kappa shape index (κ2) is 68.8. The van der Waals surface area contributed by atoms with E-state index in [4.69, 9.17) is 14.2 Å². The first kappa shape index (κ1) is 77.3. The summed E-state index contributed by atoms with van der Waals surface area (Å²) in [6.07, 6.45) is 92.9.